The summed E-state index contributed by atoms with van der Waals surface area (Å²) in [6.45, 7) is 4.07. The van der Waals surface area contributed by atoms with E-state index in [1.807, 2.05) is 24.3 Å². The number of hydrogen-bond acceptors (Lipinski definition) is 4. The first-order valence-corrected chi connectivity index (χ1v) is 7.91. The maximum absolute atomic E-state index is 9.12. The topological polar surface area (TPSA) is 58.7 Å². The van der Waals surface area contributed by atoms with E-state index in [9.17, 15) is 0 Å². The molecule has 21 heavy (non-hydrogen) atoms. The molecule has 0 spiro atoms. The van der Waals surface area contributed by atoms with Crippen LogP contribution in [0.15, 0.2) is 24.3 Å². The van der Waals surface area contributed by atoms with Gasteiger partial charge in [-0.05, 0) is 49.5 Å². The van der Waals surface area contributed by atoms with Crippen LogP contribution in [0.5, 0.6) is 5.75 Å². The monoisotopic (exact) mass is 308 g/mol. The molecule has 0 aliphatic carbocycles. The summed E-state index contributed by atoms with van der Waals surface area (Å²) in [4.78, 5) is 2.91. The number of aliphatic hydroxyl groups excluding tert-OH is 1. The Morgan fingerprint density at radius 1 is 1.29 bits per heavy atom. The van der Waals surface area contributed by atoms with E-state index < -0.39 is 0 Å². The third-order valence-corrected chi connectivity index (χ3v) is 4.09. The van der Waals surface area contributed by atoms with Crippen LogP contribution >= 0.6 is 12.2 Å². The summed E-state index contributed by atoms with van der Waals surface area (Å²) in [5.41, 5.74) is 6.64. The predicted molar refractivity (Wildman–Crippen MR) is 88.7 cm³/mol. The molecule has 1 aliphatic rings. The van der Waals surface area contributed by atoms with Crippen LogP contribution in [0, 0.1) is 5.92 Å². The SMILES string of the molecule is NC(=S)Cc1ccc(OCCN2CCC(CO)CC2)cc1. The summed E-state index contributed by atoms with van der Waals surface area (Å²) < 4.78 is 5.77. The van der Waals surface area contributed by atoms with Crippen LogP contribution in [0.25, 0.3) is 0 Å². The number of nitrogens with two attached hydrogens (primary N) is 1. The molecule has 1 aromatic carbocycles. The van der Waals surface area contributed by atoms with Crippen molar-refractivity contribution in [3.63, 3.8) is 0 Å². The van der Waals surface area contributed by atoms with E-state index >= 15 is 0 Å². The molecule has 1 aromatic rings. The Balaban J connectivity index is 1.68. The van der Waals surface area contributed by atoms with Crippen LogP contribution in [-0.2, 0) is 6.42 Å². The number of thiocarbonyl (C=S) groups is 1. The maximum atomic E-state index is 9.12. The zero-order chi connectivity index (χ0) is 15.1. The van der Waals surface area contributed by atoms with Crippen LogP contribution in [0.3, 0.4) is 0 Å². The number of nitrogens with zero attached hydrogens (tertiary/aromatic N) is 1. The van der Waals surface area contributed by atoms with Gasteiger partial charge in [0, 0.05) is 19.6 Å². The van der Waals surface area contributed by atoms with Gasteiger partial charge in [-0.2, -0.15) is 0 Å². The summed E-state index contributed by atoms with van der Waals surface area (Å²) in [5, 5.41) is 9.12. The van der Waals surface area contributed by atoms with Crippen molar-refractivity contribution in [2.75, 3.05) is 32.8 Å². The number of rotatable bonds is 7. The van der Waals surface area contributed by atoms with Crippen LogP contribution in [0.4, 0.5) is 0 Å². The second kappa shape index (κ2) is 8.32. The van der Waals surface area contributed by atoms with Gasteiger partial charge in [0.15, 0.2) is 0 Å². The van der Waals surface area contributed by atoms with Crippen molar-refractivity contribution < 1.29 is 9.84 Å². The van der Waals surface area contributed by atoms with Crippen molar-refractivity contribution in [1.29, 1.82) is 0 Å². The molecule has 0 atom stereocenters. The second-order valence-corrected chi connectivity index (χ2v) is 6.13. The summed E-state index contributed by atoms with van der Waals surface area (Å²) in [6, 6.07) is 7.93. The molecule has 116 valence electrons. The van der Waals surface area contributed by atoms with Crippen LogP contribution in [0.2, 0.25) is 0 Å². The van der Waals surface area contributed by atoms with Crippen LogP contribution in [-0.4, -0.2) is 47.8 Å². The number of likely N-dealkylation sites (tertiary alicyclic amines) is 1. The molecule has 1 heterocycles. The Morgan fingerprint density at radius 2 is 1.95 bits per heavy atom. The quantitative estimate of drug-likeness (QED) is 0.749. The van der Waals surface area contributed by atoms with Gasteiger partial charge in [-0.3, -0.25) is 4.90 Å². The van der Waals surface area contributed by atoms with Crippen LogP contribution < -0.4 is 10.5 Å². The zero-order valence-corrected chi connectivity index (χ0v) is 13.1. The van der Waals surface area contributed by atoms with E-state index in [-0.39, 0.29) is 0 Å². The second-order valence-electron chi connectivity index (χ2n) is 5.60. The van der Waals surface area contributed by atoms with Gasteiger partial charge >= 0.3 is 0 Å². The molecule has 0 saturated carbocycles. The van der Waals surface area contributed by atoms with Crippen molar-refractivity contribution in [2.45, 2.75) is 19.3 Å². The van der Waals surface area contributed by atoms with Crippen molar-refractivity contribution in [2.24, 2.45) is 11.7 Å². The third kappa shape index (κ3) is 5.61. The summed E-state index contributed by atoms with van der Waals surface area (Å²) in [5.74, 6) is 1.37. The normalized spacial score (nSPS) is 16.8. The molecular formula is C16H24N2O2S. The Hall–Kier alpha value is -1.17. The minimum absolute atomic E-state index is 0.322. The lowest BCUT2D eigenvalue weighted by Gasteiger charge is -2.30. The van der Waals surface area contributed by atoms with Crippen molar-refractivity contribution >= 4 is 17.2 Å². The molecule has 0 radical (unpaired) electrons. The number of hydrogen-bond donors (Lipinski definition) is 2. The Kier molecular flexibility index (Phi) is 6.42. The van der Waals surface area contributed by atoms with Gasteiger partial charge in [-0.1, -0.05) is 24.4 Å². The molecule has 3 N–H and O–H groups in total. The maximum Gasteiger partial charge on any atom is 0.119 e. The number of benzene rings is 1. The summed E-state index contributed by atoms with van der Waals surface area (Å²) in [6.07, 6.45) is 2.81. The molecule has 1 fully saturated rings. The lowest BCUT2D eigenvalue weighted by atomic mass is 9.98. The van der Waals surface area contributed by atoms with E-state index in [0.29, 0.717) is 30.5 Å². The molecular weight excluding hydrogens is 284 g/mol. The van der Waals surface area contributed by atoms with E-state index in [1.165, 1.54) is 0 Å². The zero-order valence-electron chi connectivity index (χ0n) is 12.3. The van der Waals surface area contributed by atoms with Gasteiger partial charge in [0.2, 0.25) is 0 Å². The first kappa shape index (κ1) is 16.2. The number of ether oxygens (including phenoxy) is 1. The lowest BCUT2D eigenvalue weighted by Crippen LogP contribution is -2.37. The molecule has 0 amide bonds. The fourth-order valence-electron chi connectivity index (χ4n) is 2.59. The molecule has 2 rings (SSSR count). The molecule has 0 bridgehead atoms. The van der Waals surface area contributed by atoms with E-state index in [1.54, 1.807) is 0 Å². The van der Waals surface area contributed by atoms with Gasteiger partial charge in [0.25, 0.3) is 0 Å². The average Bonchev–Trinajstić information content (AvgIpc) is 2.49. The number of aliphatic hydroxyl groups is 1. The highest BCUT2D eigenvalue weighted by atomic mass is 32.1. The highest BCUT2D eigenvalue weighted by molar-refractivity contribution is 7.80. The van der Waals surface area contributed by atoms with Crippen LogP contribution in [0.1, 0.15) is 18.4 Å². The first-order valence-electron chi connectivity index (χ1n) is 7.50. The van der Waals surface area contributed by atoms with Crippen molar-refractivity contribution in [3.05, 3.63) is 29.8 Å². The van der Waals surface area contributed by atoms with Crippen molar-refractivity contribution in [1.82, 2.24) is 4.90 Å². The molecule has 5 heteroatoms. The standard InChI is InChI=1S/C16H24N2O2S/c17-16(21)11-13-1-3-15(4-2-13)20-10-9-18-7-5-14(12-19)6-8-18/h1-4,14,19H,5-12H2,(H2,17,21). The van der Waals surface area contributed by atoms with E-state index in [2.05, 4.69) is 4.90 Å². The van der Waals surface area contributed by atoms with E-state index in [0.717, 1.165) is 43.8 Å². The smallest absolute Gasteiger partial charge is 0.119 e. The van der Waals surface area contributed by atoms with Crippen molar-refractivity contribution in [3.8, 4) is 5.75 Å². The lowest BCUT2D eigenvalue weighted by molar-refractivity contribution is 0.119. The minimum Gasteiger partial charge on any atom is -0.492 e. The van der Waals surface area contributed by atoms with Gasteiger partial charge in [-0.25, -0.2) is 0 Å². The largest absolute Gasteiger partial charge is 0.492 e. The Bertz CT molecular complexity index is 442. The summed E-state index contributed by atoms with van der Waals surface area (Å²) >= 11 is 4.90. The molecule has 0 aromatic heterocycles. The highest BCUT2D eigenvalue weighted by Crippen LogP contribution is 2.16. The summed E-state index contributed by atoms with van der Waals surface area (Å²) in [7, 11) is 0. The minimum atomic E-state index is 0.322. The third-order valence-electron chi connectivity index (χ3n) is 3.94. The van der Waals surface area contributed by atoms with Gasteiger partial charge in [-0.15, -0.1) is 0 Å². The fourth-order valence-corrected chi connectivity index (χ4v) is 2.76. The van der Waals surface area contributed by atoms with Gasteiger partial charge < -0.3 is 15.6 Å². The van der Waals surface area contributed by atoms with Gasteiger partial charge in [0.1, 0.15) is 12.4 Å². The molecule has 1 saturated heterocycles. The predicted octanol–water partition coefficient (Wildman–Crippen LogP) is 1.60. The average molecular weight is 308 g/mol. The Labute approximate surface area is 131 Å². The highest BCUT2D eigenvalue weighted by Gasteiger charge is 2.17. The molecule has 0 unspecified atom stereocenters. The fraction of sp³-hybridized carbons (Fsp3) is 0.562. The molecule has 4 nitrogen and oxygen atoms in total. The first-order chi connectivity index (χ1) is 10.2. The molecule has 1 aliphatic heterocycles. The Morgan fingerprint density at radius 3 is 2.52 bits per heavy atom. The van der Waals surface area contributed by atoms with Gasteiger partial charge in [0.05, 0.1) is 4.99 Å². The number of piperidine rings is 1. The van der Waals surface area contributed by atoms with E-state index in [4.69, 9.17) is 27.8 Å².